The molecule has 0 radical (unpaired) electrons. The Morgan fingerprint density at radius 1 is 1.17 bits per heavy atom. The third kappa shape index (κ3) is 1.91. The highest BCUT2D eigenvalue weighted by Crippen LogP contribution is 2.30. The van der Waals surface area contributed by atoms with Gasteiger partial charge < -0.3 is 14.0 Å². The van der Waals surface area contributed by atoms with Gasteiger partial charge in [0.05, 0.1) is 16.3 Å². The molecule has 0 saturated carbocycles. The molecule has 0 aliphatic heterocycles. The molecule has 0 fully saturated rings. The number of nitrogens with zero attached hydrogens (tertiary/aromatic N) is 2. The molecule has 0 amide bonds. The number of aromatic hydroxyl groups is 1. The van der Waals surface area contributed by atoms with Gasteiger partial charge >= 0.3 is 0 Å². The van der Waals surface area contributed by atoms with Crippen molar-refractivity contribution in [2.24, 2.45) is 0 Å². The van der Waals surface area contributed by atoms with E-state index in [0.29, 0.717) is 21.8 Å². The van der Waals surface area contributed by atoms with E-state index in [2.05, 4.69) is 26.1 Å². The summed E-state index contributed by atoms with van der Waals surface area (Å²) in [5.41, 5.74) is 1.39. The third-order valence-electron chi connectivity index (χ3n) is 2.40. The molecular formula is C12H7BrN2O3. The standard InChI is InChI=1S/C12H7BrN2O3/c13-9-2-1-7(5-10(9)16)12-14-11(15-18-12)8-3-4-17-6-8/h1-6,16H. The summed E-state index contributed by atoms with van der Waals surface area (Å²) in [6.45, 7) is 0. The minimum absolute atomic E-state index is 0.121. The second kappa shape index (κ2) is 4.30. The first kappa shape index (κ1) is 11.0. The van der Waals surface area contributed by atoms with E-state index in [1.165, 1.54) is 12.5 Å². The number of phenolic OH excluding ortho intramolecular Hbond substituents is 1. The van der Waals surface area contributed by atoms with Crippen LogP contribution in [0.5, 0.6) is 5.75 Å². The molecule has 1 N–H and O–H groups in total. The normalized spacial score (nSPS) is 10.7. The molecular weight excluding hydrogens is 300 g/mol. The van der Waals surface area contributed by atoms with E-state index >= 15 is 0 Å². The highest BCUT2D eigenvalue weighted by molar-refractivity contribution is 9.10. The van der Waals surface area contributed by atoms with Crippen molar-refractivity contribution >= 4 is 15.9 Å². The van der Waals surface area contributed by atoms with E-state index in [1.807, 2.05) is 0 Å². The summed E-state index contributed by atoms with van der Waals surface area (Å²) in [6.07, 6.45) is 3.07. The second-order valence-corrected chi connectivity index (χ2v) is 4.46. The number of halogens is 1. The number of hydrogen-bond donors (Lipinski definition) is 1. The molecule has 3 rings (SSSR count). The van der Waals surface area contributed by atoms with Gasteiger partial charge in [0.15, 0.2) is 0 Å². The van der Waals surface area contributed by atoms with Crippen LogP contribution in [0.4, 0.5) is 0 Å². The van der Waals surface area contributed by atoms with Gasteiger partial charge in [0.2, 0.25) is 5.82 Å². The topological polar surface area (TPSA) is 72.3 Å². The van der Waals surface area contributed by atoms with Gasteiger partial charge in [-0.15, -0.1) is 0 Å². The van der Waals surface area contributed by atoms with Crippen LogP contribution in [0.25, 0.3) is 22.8 Å². The van der Waals surface area contributed by atoms with Gasteiger partial charge in [-0.05, 0) is 40.2 Å². The predicted molar refractivity (Wildman–Crippen MR) is 66.8 cm³/mol. The molecule has 0 bridgehead atoms. The molecule has 3 aromatic rings. The average molecular weight is 307 g/mol. The molecule has 0 spiro atoms. The Morgan fingerprint density at radius 3 is 2.78 bits per heavy atom. The highest BCUT2D eigenvalue weighted by Gasteiger charge is 2.12. The Hall–Kier alpha value is -2.08. The first-order chi connectivity index (χ1) is 8.74. The monoisotopic (exact) mass is 306 g/mol. The van der Waals surface area contributed by atoms with Crippen LogP contribution in [0, 0.1) is 0 Å². The minimum atomic E-state index is 0.121. The van der Waals surface area contributed by atoms with Crippen LogP contribution in [-0.4, -0.2) is 15.2 Å². The van der Waals surface area contributed by atoms with Crippen molar-refractivity contribution in [2.45, 2.75) is 0 Å². The summed E-state index contributed by atoms with van der Waals surface area (Å²) < 4.78 is 10.7. The molecule has 0 unspecified atom stereocenters. The number of hydrogen-bond acceptors (Lipinski definition) is 5. The number of phenols is 1. The van der Waals surface area contributed by atoms with E-state index in [9.17, 15) is 5.11 Å². The SMILES string of the molecule is Oc1cc(-c2nc(-c3ccoc3)no2)ccc1Br. The fraction of sp³-hybridized carbons (Fsp3) is 0. The van der Waals surface area contributed by atoms with Gasteiger partial charge in [-0.3, -0.25) is 0 Å². The van der Waals surface area contributed by atoms with E-state index in [0.717, 1.165) is 5.56 Å². The molecule has 2 heterocycles. The lowest BCUT2D eigenvalue weighted by Crippen LogP contribution is -1.79. The summed E-state index contributed by atoms with van der Waals surface area (Å²) in [4.78, 5) is 4.23. The number of aromatic nitrogens is 2. The maximum absolute atomic E-state index is 9.60. The Labute approximate surface area is 110 Å². The molecule has 2 aromatic heterocycles. The molecule has 6 heteroatoms. The highest BCUT2D eigenvalue weighted by atomic mass is 79.9. The van der Waals surface area contributed by atoms with Gasteiger partial charge in [-0.25, -0.2) is 0 Å². The van der Waals surface area contributed by atoms with Crippen molar-refractivity contribution in [1.82, 2.24) is 10.1 Å². The molecule has 0 aliphatic carbocycles. The Balaban J connectivity index is 2.00. The maximum atomic E-state index is 9.60. The fourth-order valence-electron chi connectivity index (χ4n) is 1.50. The fourth-order valence-corrected chi connectivity index (χ4v) is 1.74. The Morgan fingerprint density at radius 2 is 2.06 bits per heavy atom. The van der Waals surface area contributed by atoms with E-state index in [-0.39, 0.29) is 5.75 Å². The maximum Gasteiger partial charge on any atom is 0.258 e. The first-order valence-electron chi connectivity index (χ1n) is 5.09. The minimum Gasteiger partial charge on any atom is -0.507 e. The molecule has 5 nitrogen and oxygen atoms in total. The number of rotatable bonds is 2. The van der Waals surface area contributed by atoms with E-state index in [4.69, 9.17) is 8.94 Å². The number of benzene rings is 1. The Kier molecular flexibility index (Phi) is 2.64. The lowest BCUT2D eigenvalue weighted by Gasteiger charge is -1.97. The van der Waals surface area contributed by atoms with Crippen LogP contribution >= 0.6 is 15.9 Å². The summed E-state index contributed by atoms with van der Waals surface area (Å²) >= 11 is 3.21. The van der Waals surface area contributed by atoms with Crippen molar-refractivity contribution in [3.8, 4) is 28.6 Å². The second-order valence-electron chi connectivity index (χ2n) is 3.60. The summed E-state index contributed by atoms with van der Waals surface area (Å²) in [5.74, 6) is 0.908. The Bertz CT molecular complexity index is 676. The van der Waals surface area contributed by atoms with Gasteiger partial charge in [-0.1, -0.05) is 5.16 Å². The molecule has 1 aromatic carbocycles. The molecule has 0 atom stereocenters. The lowest BCUT2D eigenvalue weighted by molar-refractivity contribution is 0.431. The number of furan rings is 1. The predicted octanol–water partition coefficient (Wildman–Crippen LogP) is 3.46. The van der Waals surface area contributed by atoms with Crippen molar-refractivity contribution < 1.29 is 14.0 Å². The quantitative estimate of drug-likeness (QED) is 0.785. The molecule has 18 heavy (non-hydrogen) atoms. The zero-order valence-electron chi connectivity index (χ0n) is 9.00. The van der Waals surface area contributed by atoms with Crippen molar-refractivity contribution in [1.29, 1.82) is 0 Å². The molecule has 0 aliphatic rings. The van der Waals surface area contributed by atoms with Crippen LogP contribution in [-0.2, 0) is 0 Å². The van der Waals surface area contributed by atoms with Crippen LogP contribution in [0.15, 0.2) is 50.2 Å². The van der Waals surface area contributed by atoms with Crippen LogP contribution in [0.3, 0.4) is 0 Å². The van der Waals surface area contributed by atoms with Crippen molar-refractivity contribution in [2.75, 3.05) is 0 Å². The summed E-state index contributed by atoms with van der Waals surface area (Å²) in [7, 11) is 0. The van der Waals surface area contributed by atoms with Gasteiger partial charge in [0.1, 0.15) is 12.0 Å². The van der Waals surface area contributed by atoms with E-state index < -0.39 is 0 Å². The van der Waals surface area contributed by atoms with Gasteiger partial charge in [0, 0.05) is 5.56 Å². The van der Waals surface area contributed by atoms with Gasteiger partial charge in [0.25, 0.3) is 5.89 Å². The average Bonchev–Trinajstić information content (AvgIpc) is 3.01. The zero-order valence-corrected chi connectivity index (χ0v) is 10.6. The van der Waals surface area contributed by atoms with Crippen LogP contribution < -0.4 is 0 Å². The van der Waals surface area contributed by atoms with Crippen molar-refractivity contribution in [3.63, 3.8) is 0 Å². The van der Waals surface area contributed by atoms with Crippen LogP contribution in [0.1, 0.15) is 0 Å². The third-order valence-corrected chi connectivity index (χ3v) is 3.07. The first-order valence-corrected chi connectivity index (χ1v) is 5.88. The van der Waals surface area contributed by atoms with E-state index in [1.54, 1.807) is 24.3 Å². The zero-order chi connectivity index (χ0) is 12.5. The molecule has 0 saturated heterocycles. The van der Waals surface area contributed by atoms with Crippen molar-refractivity contribution in [3.05, 3.63) is 41.3 Å². The molecule has 90 valence electrons. The largest absolute Gasteiger partial charge is 0.507 e. The summed E-state index contributed by atoms with van der Waals surface area (Å²) in [6, 6.07) is 6.79. The van der Waals surface area contributed by atoms with Crippen LogP contribution in [0.2, 0.25) is 0 Å². The summed E-state index contributed by atoms with van der Waals surface area (Å²) in [5, 5.41) is 13.4. The smallest absolute Gasteiger partial charge is 0.258 e. The van der Waals surface area contributed by atoms with Gasteiger partial charge in [-0.2, -0.15) is 4.98 Å². The lowest BCUT2D eigenvalue weighted by atomic mass is 10.2.